The van der Waals surface area contributed by atoms with E-state index < -0.39 is 0 Å². The maximum atomic E-state index is 12.7. The van der Waals surface area contributed by atoms with Gasteiger partial charge in [-0.15, -0.1) is 11.3 Å². The lowest BCUT2D eigenvalue weighted by atomic mass is 9.90. The standard InChI is InChI=1S/C22H20N2O2S/c1-14(25)16-8-5-9-18(12-16)23-21(26)17-10-11-19-20(13-17)27-22(24-19)15-6-3-2-4-7-15/h2-9,12,17H,10-11,13H2,1H3,(H,23,26). The molecular formula is C22H20N2O2S. The molecule has 5 heteroatoms. The summed E-state index contributed by atoms with van der Waals surface area (Å²) in [5, 5.41) is 3.99. The summed E-state index contributed by atoms with van der Waals surface area (Å²) in [6.07, 6.45) is 2.34. The summed E-state index contributed by atoms with van der Waals surface area (Å²) < 4.78 is 0. The zero-order chi connectivity index (χ0) is 18.8. The van der Waals surface area contributed by atoms with Gasteiger partial charge in [-0.3, -0.25) is 9.59 Å². The number of nitrogens with zero attached hydrogens (tertiary/aromatic N) is 1. The SMILES string of the molecule is CC(=O)c1cccc(NC(=O)C2CCc3nc(-c4ccccc4)sc3C2)c1. The molecule has 27 heavy (non-hydrogen) atoms. The van der Waals surface area contributed by atoms with Crippen molar-refractivity contribution in [2.24, 2.45) is 5.92 Å². The molecule has 0 saturated carbocycles. The Bertz CT molecular complexity index is 995. The lowest BCUT2D eigenvalue weighted by Gasteiger charge is -2.20. The smallest absolute Gasteiger partial charge is 0.227 e. The number of aromatic nitrogens is 1. The van der Waals surface area contributed by atoms with E-state index in [4.69, 9.17) is 4.98 Å². The first kappa shape index (κ1) is 17.6. The highest BCUT2D eigenvalue weighted by molar-refractivity contribution is 7.15. The molecule has 1 aliphatic rings. The molecule has 0 radical (unpaired) electrons. The predicted molar refractivity (Wildman–Crippen MR) is 108 cm³/mol. The highest BCUT2D eigenvalue weighted by Gasteiger charge is 2.27. The number of rotatable bonds is 4. The van der Waals surface area contributed by atoms with Crippen LogP contribution < -0.4 is 5.32 Å². The van der Waals surface area contributed by atoms with Crippen molar-refractivity contribution in [3.63, 3.8) is 0 Å². The fourth-order valence-electron chi connectivity index (χ4n) is 3.36. The summed E-state index contributed by atoms with van der Waals surface area (Å²) >= 11 is 1.69. The highest BCUT2D eigenvalue weighted by Crippen LogP contribution is 2.35. The normalized spacial score (nSPS) is 15.8. The van der Waals surface area contributed by atoms with Crippen molar-refractivity contribution in [1.82, 2.24) is 4.98 Å². The van der Waals surface area contributed by atoms with Gasteiger partial charge in [0.25, 0.3) is 0 Å². The van der Waals surface area contributed by atoms with E-state index in [2.05, 4.69) is 17.4 Å². The number of carbonyl (C=O) groups is 2. The minimum absolute atomic E-state index is 0.00786. The summed E-state index contributed by atoms with van der Waals surface area (Å²) in [5.74, 6) is -0.0647. The lowest BCUT2D eigenvalue weighted by molar-refractivity contribution is -0.120. The number of benzene rings is 2. The van der Waals surface area contributed by atoms with Crippen LogP contribution in [0.15, 0.2) is 54.6 Å². The molecule has 3 aromatic rings. The van der Waals surface area contributed by atoms with Crippen molar-refractivity contribution in [3.8, 4) is 10.6 Å². The third-order valence-corrected chi connectivity index (χ3v) is 6.04. The van der Waals surface area contributed by atoms with Crippen LogP contribution in [0.2, 0.25) is 0 Å². The van der Waals surface area contributed by atoms with Crippen LogP contribution in [-0.2, 0) is 17.6 Å². The molecular weight excluding hydrogens is 356 g/mol. The number of hydrogen-bond donors (Lipinski definition) is 1. The van der Waals surface area contributed by atoms with Crippen LogP contribution in [0.3, 0.4) is 0 Å². The van der Waals surface area contributed by atoms with Crippen LogP contribution in [0.1, 0.15) is 34.3 Å². The van der Waals surface area contributed by atoms with Crippen molar-refractivity contribution in [1.29, 1.82) is 0 Å². The van der Waals surface area contributed by atoms with Crippen LogP contribution in [-0.4, -0.2) is 16.7 Å². The fraction of sp³-hybridized carbons (Fsp3) is 0.227. The quantitative estimate of drug-likeness (QED) is 0.668. The maximum absolute atomic E-state index is 12.7. The first-order valence-corrected chi connectivity index (χ1v) is 9.87. The van der Waals surface area contributed by atoms with E-state index in [1.807, 2.05) is 24.3 Å². The number of aryl methyl sites for hydroxylation is 1. The van der Waals surface area contributed by atoms with Crippen molar-refractivity contribution in [2.75, 3.05) is 5.32 Å². The lowest BCUT2D eigenvalue weighted by Crippen LogP contribution is -2.27. The summed E-state index contributed by atoms with van der Waals surface area (Å²) in [5.41, 5.74) is 3.53. The molecule has 1 unspecified atom stereocenters. The highest BCUT2D eigenvalue weighted by atomic mass is 32.1. The van der Waals surface area contributed by atoms with E-state index in [0.29, 0.717) is 11.3 Å². The molecule has 1 amide bonds. The molecule has 136 valence electrons. The van der Waals surface area contributed by atoms with Crippen molar-refractivity contribution in [2.45, 2.75) is 26.2 Å². The zero-order valence-electron chi connectivity index (χ0n) is 15.1. The van der Waals surface area contributed by atoms with Crippen molar-refractivity contribution < 1.29 is 9.59 Å². The van der Waals surface area contributed by atoms with Gasteiger partial charge in [0.15, 0.2) is 5.78 Å². The Morgan fingerprint density at radius 3 is 2.70 bits per heavy atom. The summed E-state index contributed by atoms with van der Waals surface area (Å²) in [6, 6.07) is 17.3. The Kier molecular flexibility index (Phi) is 4.86. The fourth-order valence-corrected chi connectivity index (χ4v) is 4.56. The van der Waals surface area contributed by atoms with Gasteiger partial charge < -0.3 is 5.32 Å². The van der Waals surface area contributed by atoms with Gasteiger partial charge in [0.05, 0.1) is 5.69 Å². The Morgan fingerprint density at radius 1 is 1.11 bits per heavy atom. The average molecular weight is 376 g/mol. The number of ketones is 1. The predicted octanol–water partition coefficient (Wildman–Crippen LogP) is 4.76. The Morgan fingerprint density at radius 2 is 1.93 bits per heavy atom. The van der Waals surface area contributed by atoms with Gasteiger partial charge in [-0.2, -0.15) is 0 Å². The number of nitrogens with one attached hydrogen (secondary N) is 1. The molecule has 2 aromatic carbocycles. The van der Waals surface area contributed by atoms with E-state index in [9.17, 15) is 9.59 Å². The minimum Gasteiger partial charge on any atom is -0.326 e. The van der Waals surface area contributed by atoms with Gasteiger partial charge in [-0.25, -0.2) is 4.98 Å². The van der Waals surface area contributed by atoms with E-state index in [1.54, 1.807) is 29.5 Å². The Hall–Kier alpha value is -2.79. The molecule has 0 spiro atoms. The molecule has 0 bridgehead atoms. The molecule has 4 nitrogen and oxygen atoms in total. The van der Waals surface area contributed by atoms with Crippen molar-refractivity contribution in [3.05, 3.63) is 70.7 Å². The Balaban J connectivity index is 1.48. The van der Waals surface area contributed by atoms with Crippen LogP contribution in [0.4, 0.5) is 5.69 Å². The number of hydrogen-bond acceptors (Lipinski definition) is 4. The number of Topliss-reactive ketones (excluding diaryl/α,β-unsaturated/α-hetero) is 1. The van der Waals surface area contributed by atoms with E-state index in [0.717, 1.165) is 35.5 Å². The van der Waals surface area contributed by atoms with Gasteiger partial charge >= 0.3 is 0 Å². The van der Waals surface area contributed by atoms with Gasteiger partial charge in [-0.05, 0) is 38.3 Å². The van der Waals surface area contributed by atoms with Crippen molar-refractivity contribution >= 4 is 28.7 Å². The molecule has 0 fully saturated rings. The van der Waals surface area contributed by atoms with Crippen LogP contribution >= 0.6 is 11.3 Å². The number of fused-ring (bicyclic) bond motifs is 1. The maximum Gasteiger partial charge on any atom is 0.227 e. The second-order valence-corrected chi connectivity index (χ2v) is 7.90. The van der Waals surface area contributed by atoms with Gasteiger partial charge in [0, 0.05) is 27.6 Å². The molecule has 0 aliphatic heterocycles. The van der Waals surface area contributed by atoms with E-state index in [-0.39, 0.29) is 17.6 Å². The van der Waals surface area contributed by atoms with Gasteiger partial charge in [-0.1, -0.05) is 42.5 Å². The monoisotopic (exact) mass is 376 g/mol. The van der Waals surface area contributed by atoms with Crippen LogP contribution in [0, 0.1) is 5.92 Å². The van der Waals surface area contributed by atoms with Gasteiger partial charge in [0.2, 0.25) is 5.91 Å². The summed E-state index contributed by atoms with van der Waals surface area (Å²) in [4.78, 5) is 30.2. The third-order valence-electron chi connectivity index (χ3n) is 4.87. The first-order chi connectivity index (χ1) is 13.1. The second kappa shape index (κ2) is 7.45. The second-order valence-electron chi connectivity index (χ2n) is 6.82. The largest absolute Gasteiger partial charge is 0.326 e. The molecule has 1 aliphatic carbocycles. The zero-order valence-corrected chi connectivity index (χ0v) is 15.9. The summed E-state index contributed by atoms with van der Waals surface area (Å²) in [7, 11) is 0. The molecule has 1 heterocycles. The Labute approximate surface area is 162 Å². The molecule has 4 rings (SSSR count). The molecule has 1 aromatic heterocycles. The third kappa shape index (κ3) is 3.83. The number of anilines is 1. The molecule has 0 saturated heterocycles. The van der Waals surface area contributed by atoms with Gasteiger partial charge in [0.1, 0.15) is 5.01 Å². The van der Waals surface area contributed by atoms with E-state index in [1.165, 1.54) is 11.8 Å². The first-order valence-electron chi connectivity index (χ1n) is 9.06. The van der Waals surface area contributed by atoms with E-state index >= 15 is 0 Å². The number of thiazole rings is 1. The molecule has 1 N–H and O–H groups in total. The number of amides is 1. The minimum atomic E-state index is -0.0671. The van der Waals surface area contributed by atoms with Crippen LogP contribution in [0.5, 0.6) is 0 Å². The molecule has 1 atom stereocenters. The summed E-state index contributed by atoms with van der Waals surface area (Å²) in [6.45, 7) is 1.53. The average Bonchev–Trinajstić information content (AvgIpc) is 3.12. The topological polar surface area (TPSA) is 59.1 Å². The van der Waals surface area contributed by atoms with Crippen LogP contribution in [0.25, 0.3) is 10.6 Å². The number of carbonyl (C=O) groups excluding carboxylic acids is 2.